The third kappa shape index (κ3) is 4.64. The monoisotopic (exact) mass is 203 g/mol. The molecule has 0 unspecified atom stereocenters. The Hall–Kier alpha value is -1.30. The van der Waals surface area contributed by atoms with Crippen molar-refractivity contribution in [3.8, 4) is 11.8 Å². The average molecular weight is 203 g/mol. The highest BCUT2D eigenvalue weighted by molar-refractivity contribution is 5.37. The van der Waals surface area contributed by atoms with Gasteiger partial charge in [0.15, 0.2) is 0 Å². The van der Waals surface area contributed by atoms with Gasteiger partial charge in [-0.1, -0.05) is 30.9 Å². The van der Waals surface area contributed by atoms with Gasteiger partial charge in [0.05, 0.1) is 13.2 Å². The standard InChI is InChI=1S/C13H17NO/c1-2-9-15-11-13-6-3-5-12(10-13)7-4-8-14/h3,5-6,10H,2,8-9,11,14H2,1H3. The van der Waals surface area contributed by atoms with Gasteiger partial charge in [-0.2, -0.15) is 0 Å². The Bertz CT molecular complexity index is 349. The zero-order chi connectivity index (χ0) is 10.9. The van der Waals surface area contributed by atoms with Gasteiger partial charge in [0, 0.05) is 12.2 Å². The minimum atomic E-state index is 0.399. The smallest absolute Gasteiger partial charge is 0.0717 e. The normalized spacial score (nSPS) is 9.47. The van der Waals surface area contributed by atoms with E-state index in [2.05, 4.69) is 18.8 Å². The minimum Gasteiger partial charge on any atom is -0.377 e. The van der Waals surface area contributed by atoms with Gasteiger partial charge in [0.2, 0.25) is 0 Å². The molecule has 15 heavy (non-hydrogen) atoms. The van der Waals surface area contributed by atoms with Crippen LogP contribution in [0.4, 0.5) is 0 Å². The van der Waals surface area contributed by atoms with Gasteiger partial charge >= 0.3 is 0 Å². The largest absolute Gasteiger partial charge is 0.377 e. The third-order valence-electron chi connectivity index (χ3n) is 1.88. The molecule has 0 radical (unpaired) electrons. The molecule has 0 atom stereocenters. The van der Waals surface area contributed by atoms with E-state index in [9.17, 15) is 0 Å². The van der Waals surface area contributed by atoms with Crippen molar-refractivity contribution in [2.75, 3.05) is 13.2 Å². The molecule has 1 aromatic rings. The summed E-state index contributed by atoms with van der Waals surface area (Å²) in [5.41, 5.74) is 7.47. The summed E-state index contributed by atoms with van der Waals surface area (Å²) in [6.07, 6.45) is 1.05. The van der Waals surface area contributed by atoms with Gasteiger partial charge in [-0.3, -0.25) is 0 Å². The molecule has 0 bridgehead atoms. The van der Waals surface area contributed by atoms with Gasteiger partial charge < -0.3 is 10.5 Å². The van der Waals surface area contributed by atoms with Crippen LogP contribution >= 0.6 is 0 Å². The van der Waals surface area contributed by atoms with Crippen LogP contribution in [0.25, 0.3) is 0 Å². The van der Waals surface area contributed by atoms with Crippen molar-refractivity contribution >= 4 is 0 Å². The summed E-state index contributed by atoms with van der Waals surface area (Å²) in [6.45, 7) is 3.96. The average Bonchev–Trinajstić information content (AvgIpc) is 2.27. The summed E-state index contributed by atoms with van der Waals surface area (Å²) in [7, 11) is 0. The molecule has 0 fully saturated rings. The van der Waals surface area contributed by atoms with Crippen LogP contribution in [-0.2, 0) is 11.3 Å². The van der Waals surface area contributed by atoms with E-state index in [1.807, 2.05) is 24.3 Å². The molecule has 1 rings (SSSR count). The zero-order valence-electron chi connectivity index (χ0n) is 9.12. The molecular weight excluding hydrogens is 186 g/mol. The van der Waals surface area contributed by atoms with Crippen LogP contribution in [0.15, 0.2) is 24.3 Å². The van der Waals surface area contributed by atoms with Crippen LogP contribution < -0.4 is 5.73 Å². The van der Waals surface area contributed by atoms with Crippen LogP contribution in [-0.4, -0.2) is 13.2 Å². The highest BCUT2D eigenvalue weighted by Gasteiger charge is 1.93. The predicted octanol–water partition coefficient (Wildman–Crippen LogP) is 1.92. The summed E-state index contributed by atoms with van der Waals surface area (Å²) in [5.74, 6) is 5.84. The van der Waals surface area contributed by atoms with Crippen LogP contribution in [0.5, 0.6) is 0 Å². The van der Waals surface area contributed by atoms with E-state index in [-0.39, 0.29) is 0 Å². The van der Waals surface area contributed by atoms with E-state index in [0.717, 1.165) is 24.2 Å². The molecule has 0 aliphatic rings. The lowest BCUT2D eigenvalue weighted by atomic mass is 10.1. The Balaban J connectivity index is 2.57. The van der Waals surface area contributed by atoms with E-state index in [0.29, 0.717) is 13.2 Å². The Morgan fingerprint density at radius 3 is 3.00 bits per heavy atom. The molecule has 0 aliphatic heterocycles. The maximum Gasteiger partial charge on any atom is 0.0717 e. The number of nitrogens with two attached hydrogens (primary N) is 1. The maximum atomic E-state index is 5.46. The number of benzene rings is 1. The fourth-order valence-corrected chi connectivity index (χ4v) is 1.23. The molecule has 1 aromatic carbocycles. The van der Waals surface area contributed by atoms with Crippen molar-refractivity contribution in [2.24, 2.45) is 5.73 Å². The van der Waals surface area contributed by atoms with Crippen molar-refractivity contribution < 1.29 is 4.74 Å². The Morgan fingerprint density at radius 2 is 2.27 bits per heavy atom. The molecule has 0 heterocycles. The second-order valence-corrected chi connectivity index (χ2v) is 3.26. The van der Waals surface area contributed by atoms with E-state index in [1.54, 1.807) is 0 Å². The number of hydrogen-bond donors (Lipinski definition) is 1. The third-order valence-corrected chi connectivity index (χ3v) is 1.88. The fourth-order valence-electron chi connectivity index (χ4n) is 1.23. The lowest BCUT2D eigenvalue weighted by molar-refractivity contribution is 0.121. The molecule has 0 saturated carbocycles. The van der Waals surface area contributed by atoms with E-state index < -0.39 is 0 Å². The minimum absolute atomic E-state index is 0.399. The van der Waals surface area contributed by atoms with Crippen LogP contribution in [0.2, 0.25) is 0 Å². The van der Waals surface area contributed by atoms with Crippen LogP contribution in [0.1, 0.15) is 24.5 Å². The van der Waals surface area contributed by atoms with Crippen LogP contribution in [0.3, 0.4) is 0 Å². The van der Waals surface area contributed by atoms with Crippen LogP contribution in [0, 0.1) is 11.8 Å². The first-order valence-corrected chi connectivity index (χ1v) is 5.22. The second kappa shape index (κ2) is 7.05. The highest BCUT2D eigenvalue weighted by Crippen LogP contribution is 2.05. The van der Waals surface area contributed by atoms with Crippen molar-refractivity contribution in [3.05, 3.63) is 35.4 Å². The summed E-state index contributed by atoms with van der Waals surface area (Å²) in [5, 5.41) is 0. The summed E-state index contributed by atoms with van der Waals surface area (Å²) in [6, 6.07) is 8.05. The number of hydrogen-bond acceptors (Lipinski definition) is 2. The Morgan fingerprint density at radius 1 is 1.40 bits per heavy atom. The molecule has 2 heteroatoms. The topological polar surface area (TPSA) is 35.2 Å². The first-order chi connectivity index (χ1) is 7.36. The zero-order valence-corrected chi connectivity index (χ0v) is 9.12. The van der Waals surface area contributed by atoms with Gasteiger partial charge in [0.25, 0.3) is 0 Å². The first-order valence-electron chi connectivity index (χ1n) is 5.22. The summed E-state index contributed by atoms with van der Waals surface area (Å²) < 4.78 is 5.46. The summed E-state index contributed by atoms with van der Waals surface area (Å²) >= 11 is 0. The quantitative estimate of drug-likeness (QED) is 0.599. The lowest BCUT2D eigenvalue weighted by Crippen LogP contribution is -1.95. The molecule has 0 aliphatic carbocycles. The predicted molar refractivity (Wildman–Crippen MR) is 62.3 cm³/mol. The van der Waals surface area contributed by atoms with Gasteiger partial charge in [0.1, 0.15) is 0 Å². The molecular formula is C13H17NO. The number of ether oxygens (including phenoxy) is 1. The maximum absolute atomic E-state index is 5.46. The lowest BCUT2D eigenvalue weighted by Gasteiger charge is -2.02. The van der Waals surface area contributed by atoms with Crippen molar-refractivity contribution in [2.45, 2.75) is 20.0 Å². The van der Waals surface area contributed by atoms with Crippen molar-refractivity contribution in [3.63, 3.8) is 0 Å². The number of rotatable bonds is 4. The fraction of sp³-hybridized carbons (Fsp3) is 0.385. The molecule has 0 saturated heterocycles. The molecule has 2 N–H and O–H groups in total. The molecule has 0 aromatic heterocycles. The van der Waals surface area contributed by atoms with E-state index in [1.165, 1.54) is 0 Å². The van der Waals surface area contributed by atoms with Gasteiger partial charge in [-0.25, -0.2) is 0 Å². The SMILES string of the molecule is CCCOCc1cccc(C#CCN)c1. The Labute approximate surface area is 91.4 Å². The van der Waals surface area contributed by atoms with Crippen molar-refractivity contribution in [1.29, 1.82) is 0 Å². The first kappa shape index (κ1) is 11.8. The molecule has 0 amide bonds. The Kier molecular flexibility index (Phi) is 5.54. The van der Waals surface area contributed by atoms with Gasteiger partial charge in [-0.15, -0.1) is 0 Å². The molecule has 80 valence electrons. The molecule has 2 nitrogen and oxygen atoms in total. The van der Waals surface area contributed by atoms with E-state index >= 15 is 0 Å². The molecule has 0 spiro atoms. The summed E-state index contributed by atoms with van der Waals surface area (Å²) in [4.78, 5) is 0. The van der Waals surface area contributed by atoms with Crippen molar-refractivity contribution in [1.82, 2.24) is 0 Å². The van der Waals surface area contributed by atoms with E-state index in [4.69, 9.17) is 10.5 Å². The van der Waals surface area contributed by atoms with Gasteiger partial charge in [-0.05, 0) is 24.1 Å². The highest BCUT2D eigenvalue weighted by atomic mass is 16.5. The second-order valence-electron chi connectivity index (χ2n) is 3.26.